The second-order valence-corrected chi connectivity index (χ2v) is 6.27. The van der Waals surface area contributed by atoms with Gasteiger partial charge in [0.2, 0.25) is 0 Å². The summed E-state index contributed by atoms with van der Waals surface area (Å²) in [4.78, 5) is 2.26. The van der Waals surface area contributed by atoms with E-state index in [0.29, 0.717) is 13.2 Å². The molecule has 4 atom stereocenters. The van der Waals surface area contributed by atoms with Crippen LogP contribution in [0.1, 0.15) is 38.9 Å². The van der Waals surface area contributed by atoms with E-state index in [-0.39, 0.29) is 18.3 Å². The number of aliphatic hydroxyl groups is 1. The van der Waals surface area contributed by atoms with Crippen molar-refractivity contribution in [1.29, 1.82) is 0 Å². The van der Waals surface area contributed by atoms with Crippen LogP contribution in [-0.4, -0.2) is 54.6 Å². The number of nitrogens with zero attached hydrogens (tertiary/aromatic N) is 1. The van der Waals surface area contributed by atoms with E-state index in [1.807, 2.05) is 18.2 Å². The smallest absolute Gasteiger partial charge is 0.0900 e. The molecule has 2 rings (SSSR count). The van der Waals surface area contributed by atoms with Gasteiger partial charge in [-0.05, 0) is 25.8 Å². The van der Waals surface area contributed by atoms with Crippen molar-refractivity contribution in [3.8, 4) is 0 Å². The maximum Gasteiger partial charge on any atom is 0.0900 e. The molecule has 0 bridgehead atoms. The summed E-state index contributed by atoms with van der Waals surface area (Å²) in [6.45, 7) is 9.02. The van der Waals surface area contributed by atoms with Crippen LogP contribution >= 0.6 is 0 Å². The molecule has 0 spiro atoms. The zero-order chi connectivity index (χ0) is 15.9. The zero-order valence-corrected chi connectivity index (χ0v) is 13.9. The Morgan fingerprint density at radius 1 is 1.23 bits per heavy atom. The first-order valence-electron chi connectivity index (χ1n) is 8.31. The molecule has 1 fully saturated rings. The van der Waals surface area contributed by atoms with Gasteiger partial charge in [0, 0.05) is 19.6 Å². The van der Waals surface area contributed by atoms with Crippen molar-refractivity contribution in [2.24, 2.45) is 0 Å². The quantitative estimate of drug-likeness (QED) is 0.841. The molecule has 0 aliphatic carbocycles. The number of hydrogen-bond donors (Lipinski definition) is 1. The lowest BCUT2D eigenvalue weighted by Gasteiger charge is -2.36. The van der Waals surface area contributed by atoms with Gasteiger partial charge in [-0.3, -0.25) is 4.90 Å². The first-order chi connectivity index (χ1) is 10.6. The first-order valence-corrected chi connectivity index (χ1v) is 8.31. The van der Waals surface area contributed by atoms with Gasteiger partial charge in [0.15, 0.2) is 0 Å². The first kappa shape index (κ1) is 17.4. The van der Waals surface area contributed by atoms with Gasteiger partial charge in [0.1, 0.15) is 0 Å². The van der Waals surface area contributed by atoms with E-state index in [9.17, 15) is 5.11 Å². The fourth-order valence-electron chi connectivity index (χ4n) is 3.13. The Morgan fingerprint density at radius 3 is 2.45 bits per heavy atom. The highest BCUT2D eigenvalue weighted by atomic mass is 16.5. The van der Waals surface area contributed by atoms with Crippen molar-refractivity contribution in [1.82, 2.24) is 4.90 Å². The van der Waals surface area contributed by atoms with Gasteiger partial charge >= 0.3 is 0 Å². The maximum absolute atomic E-state index is 10.3. The number of β-amino-alcohol motifs (C(OH)–C–C–N with tert-alkyl or cyclic N) is 1. The fraction of sp³-hybridized carbons (Fsp3) is 0.667. The summed E-state index contributed by atoms with van der Waals surface area (Å²) in [6.07, 6.45) is 0.949. The molecule has 1 aromatic carbocycles. The van der Waals surface area contributed by atoms with Crippen molar-refractivity contribution in [3.63, 3.8) is 0 Å². The van der Waals surface area contributed by atoms with Crippen LogP contribution < -0.4 is 0 Å². The Morgan fingerprint density at radius 2 is 1.86 bits per heavy atom. The van der Waals surface area contributed by atoms with Crippen LogP contribution in [0.3, 0.4) is 0 Å². The van der Waals surface area contributed by atoms with Crippen molar-refractivity contribution >= 4 is 0 Å². The van der Waals surface area contributed by atoms with E-state index in [0.717, 1.165) is 19.5 Å². The molecule has 0 unspecified atom stereocenters. The second-order valence-electron chi connectivity index (χ2n) is 6.27. The molecule has 22 heavy (non-hydrogen) atoms. The summed E-state index contributed by atoms with van der Waals surface area (Å²) in [7, 11) is 0. The second kappa shape index (κ2) is 8.63. The molecule has 124 valence electrons. The van der Waals surface area contributed by atoms with Crippen LogP contribution in [0.2, 0.25) is 0 Å². The molecule has 1 aliphatic heterocycles. The maximum atomic E-state index is 10.3. The van der Waals surface area contributed by atoms with Gasteiger partial charge in [0.25, 0.3) is 0 Å². The minimum absolute atomic E-state index is 0.0541. The van der Waals surface area contributed by atoms with Crippen molar-refractivity contribution in [2.75, 3.05) is 26.2 Å². The van der Waals surface area contributed by atoms with E-state index in [4.69, 9.17) is 9.47 Å². The number of benzene rings is 1. The van der Waals surface area contributed by atoms with E-state index in [1.165, 1.54) is 5.56 Å². The molecule has 1 heterocycles. The summed E-state index contributed by atoms with van der Waals surface area (Å²) in [6, 6.07) is 10.2. The summed E-state index contributed by atoms with van der Waals surface area (Å²) >= 11 is 0. The lowest BCUT2D eigenvalue weighted by atomic mass is 10.1. The number of hydrogen-bond acceptors (Lipinski definition) is 4. The predicted octanol–water partition coefficient (Wildman–Crippen LogP) is 2.62. The largest absolute Gasteiger partial charge is 0.389 e. The molecule has 1 saturated heterocycles. The standard InChI is InChI=1S/C18H29NO3/c1-4-18(16-8-6-5-7-9-16)21-13-17(20)12-19-10-14(2)22-15(3)11-19/h5-9,14-15,17-18,20H,4,10-13H2,1-3H3/t14-,15-,17-,18+/m1/s1. The Kier molecular flexibility index (Phi) is 6.83. The summed E-state index contributed by atoms with van der Waals surface area (Å²) in [5, 5.41) is 10.3. The Balaban J connectivity index is 1.78. The van der Waals surface area contributed by atoms with Crippen LogP contribution in [0.15, 0.2) is 30.3 Å². The third-order valence-electron chi connectivity index (χ3n) is 4.00. The van der Waals surface area contributed by atoms with Crippen LogP contribution in [0.4, 0.5) is 0 Å². The Labute approximate surface area is 134 Å². The highest BCUT2D eigenvalue weighted by molar-refractivity contribution is 5.17. The van der Waals surface area contributed by atoms with Crippen LogP contribution in [0.25, 0.3) is 0 Å². The van der Waals surface area contributed by atoms with E-state index in [2.05, 4.69) is 37.8 Å². The van der Waals surface area contributed by atoms with Crippen molar-refractivity contribution < 1.29 is 14.6 Å². The Hall–Kier alpha value is -0.940. The molecule has 1 aromatic rings. The third-order valence-corrected chi connectivity index (χ3v) is 4.00. The van der Waals surface area contributed by atoms with Gasteiger partial charge < -0.3 is 14.6 Å². The normalized spacial score (nSPS) is 25.8. The third kappa shape index (κ3) is 5.36. The lowest BCUT2D eigenvalue weighted by Crippen LogP contribution is -2.48. The molecular formula is C18H29NO3. The van der Waals surface area contributed by atoms with E-state index < -0.39 is 6.10 Å². The molecule has 0 saturated carbocycles. The molecule has 0 amide bonds. The molecule has 4 nitrogen and oxygen atoms in total. The van der Waals surface area contributed by atoms with Gasteiger partial charge in [-0.1, -0.05) is 37.3 Å². The van der Waals surface area contributed by atoms with Crippen LogP contribution in [-0.2, 0) is 9.47 Å². The van der Waals surface area contributed by atoms with E-state index in [1.54, 1.807) is 0 Å². The van der Waals surface area contributed by atoms with Gasteiger partial charge in [-0.15, -0.1) is 0 Å². The molecule has 1 N–H and O–H groups in total. The highest BCUT2D eigenvalue weighted by Gasteiger charge is 2.24. The van der Waals surface area contributed by atoms with Crippen LogP contribution in [0, 0.1) is 0 Å². The van der Waals surface area contributed by atoms with Crippen molar-refractivity contribution in [2.45, 2.75) is 51.6 Å². The average Bonchev–Trinajstić information content (AvgIpc) is 2.48. The number of rotatable bonds is 7. The molecular weight excluding hydrogens is 278 g/mol. The fourth-order valence-corrected chi connectivity index (χ4v) is 3.13. The SMILES string of the molecule is CC[C@H](OC[C@H](O)CN1C[C@@H](C)O[C@H](C)C1)c1ccccc1. The minimum Gasteiger partial charge on any atom is -0.389 e. The van der Waals surface area contributed by atoms with Gasteiger partial charge in [0.05, 0.1) is 31.0 Å². The molecule has 0 radical (unpaired) electrons. The zero-order valence-electron chi connectivity index (χ0n) is 13.9. The van der Waals surface area contributed by atoms with Crippen LogP contribution in [0.5, 0.6) is 0 Å². The van der Waals surface area contributed by atoms with Gasteiger partial charge in [-0.2, -0.15) is 0 Å². The number of aliphatic hydroxyl groups excluding tert-OH is 1. The topological polar surface area (TPSA) is 41.9 Å². The summed E-state index contributed by atoms with van der Waals surface area (Å²) < 4.78 is 11.6. The minimum atomic E-state index is -0.463. The van der Waals surface area contributed by atoms with Crippen molar-refractivity contribution in [3.05, 3.63) is 35.9 Å². The summed E-state index contributed by atoms with van der Waals surface area (Å²) in [5.74, 6) is 0. The molecule has 4 heteroatoms. The number of ether oxygens (including phenoxy) is 2. The highest BCUT2D eigenvalue weighted by Crippen LogP contribution is 2.21. The predicted molar refractivity (Wildman–Crippen MR) is 87.9 cm³/mol. The van der Waals surface area contributed by atoms with Gasteiger partial charge in [-0.25, -0.2) is 0 Å². The summed E-state index contributed by atoms with van der Waals surface area (Å²) in [5.41, 5.74) is 1.17. The number of morpholine rings is 1. The average molecular weight is 307 g/mol. The van der Waals surface area contributed by atoms with E-state index >= 15 is 0 Å². The Bertz CT molecular complexity index is 416. The lowest BCUT2D eigenvalue weighted by molar-refractivity contribution is -0.0861. The monoisotopic (exact) mass is 307 g/mol. The molecule has 0 aromatic heterocycles. The molecule has 1 aliphatic rings.